The Labute approximate surface area is 118 Å². The third-order valence-electron chi connectivity index (χ3n) is 2.81. The highest BCUT2D eigenvalue weighted by atomic mass is 17.2. The van der Waals surface area contributed by atoms with Crippen LogP contribution in [0, 0.1) is 29.6 Å². The number of hydrogen-bond donors (Lipinski definition) is 0. The zero-order valence-electron chi connectivity index (χ0n) is 13.0. The first-order valence-electron chi connectivity index (χ1n) is 7.35. The molecule has 0 aliphatic carbocycles. The van der Waals surface area contributed by atoms with E-state index in [9.17, 15) is 4.79 Å². The maximum Gasteiger partial charge on any atom is 0.345 e. The van der Waals surface area contributed by atoms with Gasteiger partial charge in [0.1, 0.15) is 6.61 Å². The van der Waals surface area contributed by atoms with Gasteiger partial charge in [0.25, 0.3) is 0 Å². The normalized spacial score (nSPS) is 13.6. The van der Waals surface area contributed by atoms with Gasteiger partial charge in [-0.15, -0.1) is 5.92 Å². The molecule has 0 fully saturated rings. The van der Waals surface area contributed by atoms with Crippen LogP contribution in [0.15, 0.2) is 0 Å². The summed E-state index contributed by atoms with van der Waals surface area (Å²) >= 11 is 0. The van der Waals surface area contributed by atoms with Crippen molar-refractivity contribution in [2.45, 2.75) is 60.3 Å². The predicted octanol–water partition coefficient (Wildman–Crippen LogP) is 3.97. The lowest BCUT2D eigenvalue weighted by molar-refractivity contribution is -0.279. The molecule has 3 heteroatoms. The molecule has 0 N–H and O–H groups in total. The monoisotopic (exact) mass is 268 g/mol. The molecular weight excluding hydrogens is 240 g/mol. The van der Waals surface area contributed by atoms with Crippen LogP contribution in [-0.2, 0) is 14.6 Å². The molecular formula is C16H28O3. The quantitative estimate of drug-likeness (QED) is 0.379. The topological polar surface area (TPSA) is 35.5 Å². The highest BCUT2D eigenvalue weighted by molar-refractivity contribution is 5.71. The van der Waals surface area contributed by atoms with Crippen molar-refractivity contribution < 1.29 is 14.6 Å². The molecule has 0 amide bonds. The standard InChI is InChI=1S/C16H28O3/c1-6-8-9-15(7-2)16(17)19-18-12-14(5)11-10-13(3)4/h13-15H,6-9,12H2,1-5H3. The van der Waals surface area contributed by atoms with Gasteiger partial charge in [0.2, 0.25) is 0 Å². The van der Waals surface area contributed by atoms with E-state index < -0.39 is 0 Å². The summed E-state index contributed by atoms with van der Waals surface area (Å²) in [5.74, 6) is 6.27. The van der Waals surface area contributed by atoms with Crippen LogP contribution in [0.1, 0.15) is 60.3 Å². The third kappa shape index (κ3) is 9.55. The van der Waals surface area contributed by atoms with Gasteiger partial charge in [-0.1, -0.05) is 46.5 Å². The fourth-order valence-electron chi connectivity index (χ4n) is 1.55. The fraction of sp³-hybridized carbons (Fsp3) is 0.812. The minimum absolute atomic E-state index is 0.0444. The van der Waals surface area contributed by atoms with Crippen molar-refractivity contribution in [1.82, 2.24) is 0 Å². The predicted molar refractivity (Wildman–Crippen MR) is 77.1 cm³/mol. The summed E-state index contributed by atoms with van der Waals surface area (Å²) in [6, 6.07) is 0. The van der Waals surface area contributed by atoms with Crippen molar-refractivity contribution in [3.05, 3.63) is 0 Å². The van der Waals surface area contributed by atoms with Crippen LogP contribution in [0.25, 0.3) is 0 Å². The van der Waals surface area contributed by atoms with Gasteiger partial charge in [0.15, 0.2) is 0 Å². The van der Waals surface area contributed by atoms with Crippen LogP contribution in [0.4, 0.5) is 0 Å². The molecule has 0 heterocycles. The first-order valence-corrected chi connectivity index (χ1v) is 7.35. The van der Waals surface area contributed by atoms with Crippen LogP contribution in [0.2, 0.25) is 0 Å². The van der Waals surface area contributed by atoms with Crippen molar-refractivity contribution >= 4 is 5.97 Å². The molecule has 0 aliphatic rings. The minimum atomic E-state index is -0.250. The SMILES string of the molecule is CCCCC(CC)C(=O)OOCC(C)C#CC(C)C. The summed E-state index contributed by atoms with van der Waals surface area (Å²) in [5, 5.41) is 0. The molecule has 19 heavy (non-hydrogen) atoms. The zero-order chi connectivity index (χ0) is 14.7. The van der Waals surface area contributed by atoms with E-state index in [2.05, 4.69) is 18.8 Å². The lowest BCUT2D eigenvalue weighted by atomic mass is 10.00. The minimum Gasteiger partial charge on any atom is -0.298 e. The Balaban J connectivity index is 3.93. The van der Waals surface area contributed by atoms with E-state index in [0.717, 1.165) is 25.7 Å². The molecule has 0 aromatic rings. The molecule has 110 valence electrons. The number of hydrogen-bond acceptors (Lipinski definition) is 3. The Morgan fingerprint density at radius 3 is 2.37 bits per heavy atom. The maximum atomic E-state index is 11.7. The Bertz CT molecular complexity index is 299. The maximum absolute atomic E-state index is 11.7. The number of rotatable bonds is 8. The van der Waals surface area contributed by atoms with Gasteiger partial charge in [-0.25, -0.2) is 4.79 Å². The summed E-state index contributed by atoms with van der Waals surface area (Å²) in [6.45, 7) is 10.5. The highest BCUT2D eigenvalue weighted by Crippen LogP contribution is 2.14. The second-order valence-corrected chi connectivity index (χ2v) is 5.28. The fourth-order valence-corrected chi connectivity index (χ4v) is 1.55. The van der Waals surface area contributed by atoms with Gasteiger partial charge in [0, 0.05) is 11.8 Å². The third-order valence-corrected chi connectivity index (χ3v) is 2.81. The summed E-state index contributed by atoms with van der Waals surface area (Å²) in [7, 11) is 0. The second kappa shape index (κ2) is 10.9. The van der Waals surface area contributed by atoms with Crippen LogP contribution < -0.4 is 0 Å². The molecule has 3 nitrogen and oxygen atoms in total. The van der Waals surface area contributed by atoms with Crippen molar-refractivity contribution in [3.8, 4) is 11.8 Å². The zero-order valence-corrected chi connectivity index (χ0v) is 13.0. The van der Waals surface area contributed by atoms with Crippen molar-refractivity contribution in [2.75, 3.05) is 6.61 Å². The van der Waals surface area contributed by atoms with Gasteiger partial charge in [-0.3, -0.25) is 4.89 Å². The first kappa shape index (κ1) is 18.0. The Hall–Kier alpha value is -1.01. The van der Waals surface area contributed by atoms with Gasteiger partial charge < -0.3 is 0 Å². The van der Waals surface area contributed by atoms with Crippen LogP contribution in [-0.4, -0.2) is 12.6 Å². The summed E-state index contributed by atoms with van der Waals surface area (Å²) in [4.78, 5) is 21.6. The lowest BCUT2D eigenvalue weighted by Crippen LogP contribution is -2.19. The van der Waals surface area contributed by atoms with E-state index in [1.807, 2.05) is 27.7 Å². The summed E-state index contributed by atoms with van der Waals surface area (Å²) in [5.41, 5.74) is 0. The number of unbranched alkanes of at least 4 members (excludes halogenated alkanes) is 1. The van der Waals surface area contributed by atoms with E-state index in [1.54, 1.807) is 0 Å². The smallest absolute Gasteiger partial charge is 0.298 e. The van der Waals surface area contributed by atoms with Crippen LogP contribution in [0.5, 0.6) is 0 Å². The highest BCUT2D eigenvalue weighted by Gasteiger charge is 2.18. The molecule has 2 atom stereocenters. The number of carbonyl (C=O) groups is 1. The van der Waals surface area contributed by atoms with Crippen LogP contribution >= 0.6 is 0 Å². The van der Waals surface area contributed by atoms with Crippen molar-refractivity contribution in [2.24, 2.45) is 17.8 Å². The lowest BCUT2D eigenvalue weighted by Gasteiger charge is -2.12. The van der Waals surface area contributed by atoms with Gasteiger partial charge in [-0.2, -0.15) is 4.89 Å². The molecule has 0 aliphatic heterocycles. The molecule has 2 unspecified atom stereocenters. The average molecular weight is 268 g/mol. The van der Waals surface area contributed by atoms with E-state index in [0.29, 0.717) is 12.5 Å². The Morgan fingerprint density at radius 2 is 1.84 bits per heavy atom. The molecule has 0 bridgehead atoms. The molecule has 0 saturated carbocycles. The Kier molecular flexibility index (Phi) is 10.3. The average Bonchev–Trinajstić information content (AvgIpc) is 2.37. The van der Waals surface area contributed by atoms with Crippen molar-refractivity contribution in [1.29, 1.82) is 0 Å². The molecule has 0 rings (SSSR count). The van der Waals surface area contributed by atoms with E-state index >= 15 is 0 Å². The second-order valence-electron chi connectivity index (χ2n) is 5.28. The summed E-state index contributed by atoms with van der Waals surface area (Å²) in [6.07, 6.45) is 3.80. The largest absolute Gasteiger partial charge is 0.345 e. The van der Waals surface area contributed by atoms with Crippen molar-refractivity contribution in [3.63, 3.8) is 0 Å². The van der Waals surface area contributed by atoms with Crippen LogP contribution in [0.3, 0.4) is 0 Å². The molecule has 0 aromatic heterocycles. The molecule has 0 radical (unpaired) electrons. The Morgan fingerprint density at radius 1 is 1.16 bits per heavy atom. The van der Waals surface area contributed by atoms with Gasteiger partial charge >= 0.3 is 5.97 Å². The molecule has 0 aromatic carbocycles. The molecule has 0 spiro atoms. The van der Waals surface area contributed by atoms with Gasteiger partial charge in [0.05, 0.1) is 5.92 Å². The summed E-state index contributed by atoms with van der Waals surface area (Å²) < 4.78 is 0. The van der Waals surface area contributed by atoms with Gasteiger partial charge in [-0.05, 0) is 19.8 Å². The van der Waals surface area contributed by atoms with E-state index in [4.69, 9.17) is 9.78 Å². The molecule has 0 saturated heterocycles. The first-order chi connectivity index (χ1) is 9.01. The van der Waals surface area contributed by atoms with E-state index in [1.165, 1.54) is 0 Å². The number of carbonyl (C=O) groups excluding carboxylic acids is 1. The van der Waals surface area contributed by atoms with E-state index in [-0.39, 0.29) is 17.8 Å².